The fourth-order valence-electron chi connectivity index (χ4n) is 1.75. The molecule has 19 heavy (non-hydrogen) atoms. The summed E-state index contributed by atoms with van der Waals surface area (Å²) in [7, 11) is 0. The number of nitrogens with one attached hydrogen (secondary N) is 1. The van der Waals surface area contributed by atoms with E-state index in [-0.39, 0.29) is 0 Å². The minimum atomic E-state index is 0.522. The van der Waals surface area contributed by atoms with Crippen molar-refractivity contribution in [2.24, 2.45) is 5.92 Å². The SMILES string of the molecule is CC(C)CNCc1ccn(-c2cccc(Cl)c2Cl)n1. The molecule has 1 N–H and O–H groups in total. The van der Waals surface area contributed by atoms with Gasteiger partial charge in [0.25, 0.3) is 0 Å². The molecule has 0 bridgehead atoms. The molecule has 0 aliphatic heterocycles. The van der Waals surface area contributed by atoms with Crippen LogP contribution in [0.5, 0.6) is 0 Å². The van der Waals surface area contributed by atoms with Gasteiger partial charge in [0.15, 0.2) is 0 Å². The molecule has 0 aliphatic rings. The lowest BCUT2D eigenvalue weighted by Gasteiger charge is -2.06. The van der Waals surface area contributed by atoms with E-state index >= 15 is 0 Å². The molecule has 0 amide bonds. The molecule has 0 atom stereocenters. The molecule has 0 saturated carbocycles. The normalized spacial score (nSPS) is 11.2. The van der Waals surface area contributed by atoms with Crippen molar-refractivity contribution in [1.29, 1.82) is 0 Å². The first-order chi connectivity index (χ1) is 9.08. The predicted octanol–water partition coefficient (Wildman–Crippen LogP) is 3.92. The van der Waals surface area contributed by atoms with Gasteiger partial charge >= 0.3 is 0 Å². The summed E-state index contributed by atoms with van der Waals surface area (Å²) >= 11 is 12.2. The third-order valence-electron chi connectivity index (χ3n) is 2.68. The summed E-state index contributed by atoms with van der Waals surface area (Å²) in [5.74, 6) is 0.629. The zero-order valence-electron chi connectivity index (χ0n) is 11.0. The molecule has 2 rings (SSSR count). The maximum absolute atomic E-state index is 6.17. The predicted molar refractivity (Wildman–Crippen MR) is 80.1 cm³/mol. The molecule has 0 unspecified atom stereocenters. The van der Waals surface area contributed by atoms with Crippen LogP contribution in [0.4, 0.5) is 0 Å². The molecule has 0 aliphatic carbocycles. The van der Waals surface area contributed by atoms with Crippen LogP contribution >= 0.6 is 23.2 Å². The highest BCUT2D eigenvalue weighted by molar-refractivity contribution is 6.43. The first-order valence-electron chi connectivity index (χ1n) is 6.27. The van der Waals surface area contributed by atoms with Gasteiger partial charge in [-0.3, -0.25) is 0 Å². The molecule has 0 saturated heterocycles. The van der Waals surface area contributed by atoms with Crippen molar-refractivity contribution in [3.8, 4) is 5.69 Å². The van der Waals surface area contributed by atoms with Gasteiger partial charge in [0.2, 0.25) is 0 Å². The zero-order chi connectivity index (χ0) is 13.8. The zero-order valence-corrected chi connectivity index (χ0v) is 12.5. The molecule has 5 heteroatoms. The average Bonchev–Trinajstić information content (AvgIpc) is 2.81. The Morgan fingerprint density at radius 3 is 2.79 bits per heavy atom. The standard InChI is InChI=1S/C14H17Cl2N3/c1-10(2)8-17-9-11-6-7-19(18-11)13-5-3-4-12(15)14(13)16/h3-7,10,17H,8-9H2,1-2H3. The van der Waals surface area contributed by atoms with Crippen molar-refractivity contribution < 1.29 is 0 Å². The van der Waals surface area contributed by atoms with Crippen LogP contribution in [0, 0.1) is 5.92 Å². The Morgan fingerprint density at radius 2 is 2.05 bits per heavy atom. The summed E-state index contributed by atoms with van der Waals surface area (Å²) in [5, 5.41) is 8.91. The van der Waals surface area contributed by atoms with E-state index in [4.69, 9.17) is 23.2 Å². The van der Waals surface area contributed by atoms with Gasteiger partial charge in [0, 0.05) is 12.7 Å². The summed E-state index contributed by atoms with van der Waals surface area (Å²) < 4.78 is 1.75. The van der Waals surface area contributed by atoms with Crippen LogP contribution in [0.2, 0.25) is 10.0 Å². The highest BCUT2D eigenvalue weighted by Crippen LogP contribution is 2.27. The Labute approximate surface area is 123 Å². The number of aromatic nitrogens is 2. The van der Waals surface area contributed by atoms with E-state index in [0.29, 0.717) is 16.0 Å². The van der Waals surface area contributed by atoms with Gasteiger partial charge in [-0.1, -0.05) is 43.1 Å². The number of halogens is 2. The van der Waals surface area contributed by atoms with Gasteiger partial charge in [-0.15, -0.1) is 0 Å². The summed E-state index contributed by atoms with van der Waals surface area (Å²) in [6.45, 7) is 6.09. The second-order valence-corrected chi connectivity index (χ2v) is 5.63. The maximum Gasteiger partial charge on any atom is 0.0849 e. The smallest absolute Gasteiger partial charge is 0.0849 e. The van der Waals surface area contributed by atoms with E-state index in [1.807, 2.05) is 24.4 Å². The van der Waals surface area contributed by atoms with Crippen molar-refractivity contribution in [3.63, 3.8) is 0 Å². The minimum absolute atomic E-state index is 0.522. The van der Waals surface area contributed by atoms with Crippen LogP contribution in [0.25, 0.3) is 5.69 Å². The van der Waals surface area contributed by atoms with Crippen LogP contribution < -0.4 is 5.32 Å². The van der Waals surface area contributed by atoms with E-state index in [0.717, 1.165) is 24.5 Å². The molecule has 102 valence electrons. The van der Waals surface area contributed by atoms with Gasteiger partial charge in [-0.05, 0) is 30.7 Å². The van der Waals surface area contributed by atoms with E-state index in [1.165, 1.54) is 0 Å². The van der Waals surface area contributed by atoms with Crippen molar-refractivity contribution in [1.82, 2.24) is 15.1 Å². The first kappa shape index (κ1) is 14.4. The number of hydrogen-bond acceptors (Lipinski definition) is 2. The second kappa shape index (κ2) is 6.42. The van der Waals surface area contributed by atoms with Gasteiger partial charge in [0.05, 0.1) is 21.4 Å². The topological polar surface area (TPSA) is 29.9 Å². The quantitative estimate of drug-likeness (QED) is 0.906. The van der Waals surface area contributed by atoms with Crippen LogP contribution in [0.1, 0.15) is 19.5 Å². The first-order valence-corrected chi connectivity index (χ1v) is 7.03. The van der Waals surface area contributed by atoms with E-state index in [1.54, 1.807) is 10.7 Å². The molecule has 3 nitrogen and oxygen atoms in total. The van der Waals surface area contributed by atoms with E-state index in [2.05, 4.69) is 24.3 Å². The van der Waals surface area contributed by atoms with E-state index in [9.17, 15) is 0 Å². The van der Waals surface area contributed by atoms with Gasteiger partial charge < -0.3 is 5.32 Å². The van der Waals surface area contributed by atoms with Crippen LogP contribution in [0.15, 0.2) is 30.5 Å². The number of nitrogens with zero attached hydrogens (tertiary/aromatic N) is 2. The van der Waals surface area contributed by atoms with Crippen molar-refractivity contribution in [2.75, 3.05) is 6.54 Å². The molecule has 2 aromatic rings. The molecule has 1 aromatic carbocycles. The van der Waals surface area contributed by atoms with Gasteiger partial charge in [0.1, 0.15) is 0 Å². The average molecular weight is 298 g/mol. The summed E-state index contributed by atoms with van der Waals surface area (Å²) in [5.41, 5.74) is 1.78. The Bertz CT molecular complexity index is 549. The summed E-state index contributed by atoms with van der Waals surface area (Å²) in [4.78, 5) is 0. The Morgan fingerprint density at radius 1 is 1.26 bits per heavy atom. The van der Waals surface area contributed by atoms with E-state index < -0.39 is 0 Å². The summed E-state index contributed by atoms with van der Waals surface area (Å²) in [6.07, 6.45) is 1.89. The van der Waals surface area contributed by atoms with Gasteiger partial charge in [-0.25, -0.2) is 4.68 Å². The Balaban J connectivity index is 2.10. The lowest BCUT2D eigenvalue weighted by molar-refractivity contribution is 0.546. The van der Waals surface area contributed by atoms with Crippen LogP contribution in [-0.2, 0) is 6.54 Å². The summed E-state index contributed by atoms with van der Waals surface area (Å²) in [6, 6.07) is 7.50. The lowest BCUT2D eigenvalue weighted by atomic mass is 10.2. The second-order valence-electron chi connectivity index (χ2n) is 4.85. The third-order valence-corrected chi connectivity index (χ3v) is 3.49. The molecule has 0 spiro atoms. The fourth-order valence-corrected chi connectivity index (χ4v) is 2.13. The fraction of sp³-hybridized carbons (Fsp3) is 0.357. The molecule has 0 fully saturated rings. The molecule has 0 radical (unpaired) electrons. The highest BCUT2D eigenvalue weighted by atomic mass is 35.5. The number of hydrogen-bond donors (Lipinski definition) is 1. The number of benzene rings is 1. The Hall–Kier alpha value is -1.03. The largest absolute Gasteiger partial charge is 0.311 e. The molecular formula is C14H17Cl2N3. The Kier molecular flexibility index (Phi) is 4.86. The van der Waals surface area contributed by atoms with Crippen molar-refractivity contribution in [3.05, 3.63) is 46.2 Å². The van der Waals surface area contributed by atoms with Crippen molar-refractivity contribution in [2.45, 2.75) is 20.4 Å². The molecule has 1 heterocycles. The molecular weight excluding hydrogens is 281 g/mol. The van der Waals surface area contributed by atoms with Gasteiger partial charge in [-0.2, -0.15) is 5.10 Å². The lowest BCUT2D eigenvalue weighted by Crippen LogP contribution is -2.19. The third kappa shape index (κ3) is 3.72. The minimum Gasteiger partial charge on any atom is -0.311 e. The van der Waals surface area contributed by atoms with Crippen molar-refractivity contribution >= 4 is 23.2 Å². The maximum atomic E-state index is 6.17. The number of rotatable bonds is 5. The van der Waals surface area contributed by atoms with Crippen LogP contribution in [0.3, 0.4) is 0 Å². The monoisotopic (exact) mass is 297 g/mol. The highest BCUT2D eigenvalue weighted by Gasteiger charge is 2.08. The van der Waals surface area contributed by atoms with Crippen LogP contribution in [-0.4, -0.2) is 16.3 Å². The molecule has 1 aromatic heterocycles.